The molecule has 1 fully saturated rings. The first-order valence-electron chi connectivity index (χ1n) is 9.51. The van der Waals surface area contributed by atoms with Crippen molar-refractivity contribution in [3.05, 3.63) is 20.8 Å². The van der Waals surface area contributed by atoms with Crippen LogP contribution >= 0.6 is 39.0 Å². The first-order valence-corrected chi connectivity index (χ1v) is 12.2. The number of nitrogens with zero attached hydrogens (tertiary/aromatic N) is 3. The number of fused-ring (bicyclic) bond motifs is 1. The van der Waals surface area contributed by atoms with Crippen LogP contribution in [0, 0.1) is 0 Å². The first-order chi connectivity index (χ1) is 15.5. The van der Waals surface area contributed by atoms with E-state index in [-0.39, 0.29) is 40.7 Å². The van der Waals surface area contributed by atoms with Crippen molar-refractivity contribution in [3.63, 3.8) is 0 Å². The van der Waals surface area contributed by atoms with Gasteiger partial charge in [0.25, 0.3) is 11.8 Å². The average Bonchev–Trinajstić information content (AvgIpc) is 3.06. The Morgan fingerprint density at radius 2 is 2.12 bits per heavy atom. The third-order valence-electron chi connectivity index (χ3n) is 4.38. The average molecular weight is 562 g/mol. The van der Waals surface area contributed by atoms with Crippen molar-refractivity contribution < 1.29 is 33.9 Å². The number of thiazole rings is 1. The molecule has 2 aliphatic rings. The monoisotopic (exact) mass is 561 g/mol. The topological polar surface area (TPSA) is 174 Å². The number of amides is 2. The summed E-state index contributed by atoms with van der Waals surface area (Å²) in [4.78, 5) is 59.1. The minimum atomic E-state index is -1.32. The molecule has 0 spiro atoms. The van der Waals surface area contributed by atoms with E-state index in [1.54, 1.807) is 13.8 Å². The maximum Gasteiger partial charge on any atom is 0.352 e. The molecule has 178 valence electrons. The Morgan fingerprint density at radius 3 is 2.67 bits per heavy atom. The number of rotatable bonds is 8. The maximum absolute atomic E-state index is 13.0. The zero-order valence-electron chi connectivity index (χ0n) is 17.7. The van der Waals surface area contributed by atoms with Gasteiger partial charge in [0.05, 0.1) is 0 Å². The third kappa shape index (κ3) is 5.30. The molecule has 1 saturated heterocycles. The number of hydrogen-bond acceptors (Lipinski definition) is 11. The number of anilines is 1. The lowest BCUT2D eigenvalue weighted by Gasteiger charge is -2.49. The Hall–Kier alpha value is -2.65. The summed E-state index contributed by atoms with van der Waals surface area (Å²) in [6, 6.07) is -0.994. The molecule has 0 unspecified atom stereocenters. The fraction of sp³-hybridized carbons (Fsp3) is 0.444. The fourth-order valence-electron chi connectivity index (χ4n) is 3.01. The van der Waals surface area contributed by atoms with Crippen LogP contribution in [-0.2, 0) is 28.8 Å². The SMILES string of the molecule is CC(=O)OCC1=C(C(=O)O)N2C(=O)[C@@H](NC(=O)C(=NOC(C)C)c3nc(N)sc3Br)[C@H]2SC1. The number of β-lactam (4-membered cyclic amide) rings is 1. The molecule has 0 radical (unpaired) electrons. The van der Waals surface area contributed by atoms with E-state index in [0.29, 0.717) is 9.36 Å². The van der Waals surface area contributed by atoms with Crippen LogP contribution in [0.3, 0.4) is 0 Å². The van der Waals surface area contributed by atoms with Crippen molar-refractivity contribution >= 4 is 73.6 Å². The van der Waals surface area contributed by atoms with E-state index in [9.17, 15) is 24.3 Å². The maximum atomic E-state index is 13.0. The molecule has 4 N–H and O–H groups in total. The lowest BCUT2D eigenvalue weighted by molar-refractivity contribution is -0.150. The van der Waals surface area contributed by atoms with Crippen LogP contribution in [0.2, 0.25) is 0 Å². The number of oxime groups is 1. The van der Waals surface area contributed by atoms with Crippen molar-refractivity contribution in [1.82, 2.24) is 15.2 Å². The van der Waals surface area contributed by atoms with Gasteiger partial charge in [-0.15, -0.1) is 11.8 Å². The number of carbonyl (C=O) groups is 4. The number of carboxylic acids is 1. The minimum absolute atomic E-state index is 0.158. The van der Waals surface area contributed by atoms with E-state index in [1.807, 2.05) is 0 Å². The Labute approximate surface area is 204 Å². The molecule has 2 atom stereocenters. The number of halogens is 1. The van der Waals surface area contributed by atoms with E-state index in [1.165, 1.54) is 18.7 Å². The van der Waals surface area contributed by atoms with Crippen molar-refractivity contribution in [1.29, 1.82) is 0 Å². The molecular weight excluding hydrogens is 542 g/mol. The van der Waals surface area contributed by atoms with Crippen LogP contribution in [0.5, 0.6) is 0 Å². The lowest BCUT2D eigenvalue weighted by Crippen LogP contribution is -2.71. The Balaban J connectivity index is 1.81. The van der Waals surface area contributed by atoms with Crippen molar-refractivity contribution in [2.75, 3.05) is 18.1 Å². The molecule has 3 heterocycles. The summed E-state index contributed by atoms with van der Waals surface area (Å²) in [6.07, 6.45) is -0.323. The van der Waals surface area contributed by atoms with Gasteiger partial charge in [-0.3, -0.25) is 19.3 Å². The van der Waals surface area contributed by atoms with E-state index in [4.69, 9.17) is 15.3 Å². The van der Waals surface area contributed by atoms with Crippen LogP contribution < -0.4 is 11.1 Å². The number of nitrogens with one attached hydrogen (secondary N) is 1. The first kappa shape index (κ1) is 25.0. The summed E-state index contributed by atoms with van der Waals surface area (Å²) in [5, 5.41) is 15.7. The summed E-state index contributed by atoms with van der Waals surface area (Å²) in [7, 11) is 0. The van der Waals surface area contributed by atoms with Gasteiger partial charge in [0.2, 0.25) is 0 Å². The lowest BCUT2D eigenvalue weighted by atomic mass is 10.0. The van der Waals surface area contributed by atoms with E-state index < -0.39 is 35.2 Å². The largest absolute Gasteiger partial charge is 0.477 e. The quantitative estimate of drug-likeness (QED) is 0.179. The fourth-order valence-corrected chi connectivity index (χ4v) is 5.67. The van der Waals surface area contributed by atoms with E-state index >= 15 is 0 Å². The summed E-state index contributed by atoms with van der Waals surface area (Å²) in [6.45, 7) is 4.42. The molecule has 1 aromatic heterocycles. The molecule has 2 amide bonds. The molecule has 3 rings (SSSR count). The van der Waals surface area contributed by atoms with Gasteiger partial charge >= 0.3 is 11.9 Å². The second kappa shape index (κ2) is 10.1. The van der Waals surface area contributed by atoms with Crippen molar-refractivity contribution in [3.8, 4) is 0 Å². The molecule has 1 aromatic rings. The third-order valence-corrected chi connectivity index (χ3v) is 7.26. The van der Waals surface area contributed by atoms with Crippen LogP contribution in [0.4, 0.5) is 5.13 Å². The minimum Gasteiger partial charge on any atom is -0.477 e. The summed E-state index contributed by atoms with van der Waals surface area (Å²) >= 11 is 5.63. The highest BCUT2D eigenvalue weighted by Gasteiger charge is 2.54. The Bertz CT molecular complexity index is 1070. The molecule has 15 heteroatoms. The van der Waals surface area contributed by atoms with Gasteiger partial charge in [-0.1, -0.05) is 16.5 Å². The zero-order valence-corrected chi connectivity index (χ0v) is 20.9. The zero-order chi connectivity index (χ0) is 24.4. The van der Waals surface area contributed by atoms with E-state index in [0.717, 1.165) is 16.2 Å². The van der Waals surface area contributed by atoms with Crippen LogP contribution in [0.15, 0.2) is 20.2 Å². The number of ether oxygens (including phenoxy) is 1. The second-order valence-corrected chi connectivity index (χ2v) is 10.6. The van der Waals surface area contributed by atoms with Gasteiger partial charge in [0, 0.05) is 18.2 Å². The molecule has 0 aromatic carbocycles. The molecule has 0 aliphatic carbocycles. The summed E-state index contributed by atoms with van der Waals surface area (Å²) < 4.78 is 5.36. The highest BCUT2D eigenvalue weighted by Crippen LogP contribution is 2.40. The number of nitrogen functional groups attached to an aromatic ring is 1. The Morgan fingerprint density at radius 1 is 1.42 bits per heavy atom. The normalized spacial score (nSPS) is 20.3. The molecule has 12 nitrogen and oxygen atoms in total. The standard InChI is InChI=1S/C18H20BrN5O7S2/c1-6(2)31-23-10(9-13(19)33-18(20)22-9)14(26)21-11-15(27)24-12(17(28)29)8(4-30-7(3)25)5-32-16(11)24/h6,11,16H,4-5H2,1-3H3,(H2,20,22)(H,21,26)(H,28,29)/t11-,16-/m1/s1. The summed E-state index contributed by atoms with van der Waals surface area (Å²) in [5.74, 6) is -3.02. The van der Waals surface area contributed by atoms with Gasteiger partial charge in [0.15, 0.2) is 10.8 Å². The van der Waals surface area contributed by atoms with Gasteiger partial charge < -0.3 is 25.7 Å². The predicted octanol–water partition coefficient (Wildman–Crippen LogP) is 0.919. The van der Waals surface area contributed by atoms with Crippen LogP contribution in [-0.4, -0.2) is 74.3 Å². The van der Waals surface area contributed by atoms with Gasteiger partial charge in [0.1, 0.15) is 39.3 Å². The molecule has 33 heavy (non-hydrogen) atoms. The van der Waals surface area contributed by atoms with E-state index in [2.05, 4.69) is 31.4 Å². The van der Waals surface area contributed by atoms with Gasteiger partial charge in [-0.2, -0.15) is 0 Å². The van der Waals surface area contributed by atoms with Crippen molar-refractivity contribution in [2.24, 2.45) is 5.16 Å². The van der Waals surface area contributed by atoms with Crippen LogP contribution in [0.1, 0.15) is 26.5 Å². The number of aliphatic carboxylic acids is 1. The number of hydrogen-bond donors (Lipinski definition) is 3. The van der Waals surface area contributed by atoms with Gasteiger partial charge in [-0.25, -0.2) is 9.78 Å². The number of esters is 1. The number of thioether (sulfide) groups is 1. The van der Waals surface area contributed by atoms with Gasteiger partial charge in [-0.05, 0) is 29.8 Å². The Kier molecular flexibility index (Phi) is 7.64. The smallest absolute Gasteiger partial charge is 0.352 e. The number of nitrogens with two attached hydrogens (primary N) is 1. The molecule has 0 saturated carbocycles. The van der Waals surface area contributed by atoms with Crippen LogP contribution in [0.25, 0.3) is 0 Å². The highest BCUT2D eigenvalue weighted by atomic mass is 79.9. The number of aromatic nitrogens is 1. The number of carboxylic acid groups (broad SMARTS) is 1. The highest BCUT2D eigenvalue weighted by molar-refractivity contribution is 9.11. The number of carbonyl (C=O) groups excluding carboxylic acids is 3. The molecular formula is C18H20BrN5O7S2. The molecule has 2 aliphatic heterocycles. The second-order valence-electron chi connectivity index (χ2n) is 7.17. The summed E-state index contributed by atoms with van der Waals surface area (Å²) in [5.41, 5.74) is 5.74. The predicted molar refractivity (Wildman–Crippen MR) is 123 cm³/mol. The van der Waals surface area contributed by atoms with Crippen molar-refractivity contribution in [2.45, 2.75) is 38.3 Å². The molecule has 0 bridgehead atoms.